The molecule has 0 aliphatic heterocycles. The van der Waals surface area contributed by atoms with Crippen LogP contribution in [0.4, 0.5) is 0 Å². The van der Waals surface area contributed by atoms with E-state index in [2.05, 4.69) is 181 Å². The largest absolute Gasteiger partial charge is 0.309 e. The van der Waals surface area contributed by atoms with Gasteiger partial charge in [0.1, 0.15) is 0 Å². The van der Waals surface area contributed by atoms with Crippen LogP contribution >= 0.6 is 0 Å². The van der Waals surface area contributed by atoms with Crippen LogP contribution < -0.4 is 0 Å². The maximum atomic E-state index is 5.61. The third kappa shape index (κ3) is 3.90. The summed E-state index contributed by atoms with van der Waals surface area (Å²) in [5, 5.41) is 7.27. The molecule has 3 heterocycles. The minimum Gasteiger partial charge on any atom is -0.309 e. The fourth-order valence-corrected chi connectivity index (χ4v) is 8.68. The van der Waals surface area contributed by atoms with Gasteiger partial charge in [-0.2, -0.15) is 0 Å². The van der Waals surface area contributed by atoms with Crippen molar-refractivity contribution in [3.8, 4) is 34.0 Å². The van der Waals surface area contributed by atoms with Crippen molar-refractivity contribution >= 4 is 54.4 Å². The molecule has 0 saturated heterocycles. The van der Waals surface area contributed by atoms with E-state index in [0.29, 0.717) is 5.95 Å². The van der Waals surface area contributed by atoms with Crippen LogP contribution in [0.2, 0.25) is 0 Å². The van der Waals surface area contributed by atoms with Crippen LogP contribution in [-0.4, -0.2) is 19.1 Å². The molecule has 0 fully saturated rings. The fourth-order valence-electron chi connectivity index (χ4n) is 8.68. The molecule has 3 aromatic heterocycles. The summed E-state index contributed by atoms with van der Waals surface area (Å²) in [7, 11) is 0. The minimum absolute atomic E-state index is 0.313. The number of hydrogen-bond acceptors (Lipinski definition) is 2. The molecule has 0 saturated carbocycles. The lowest BCUT2D eigenvalue weighted by Gasteiger charge is -2.21. The molecule has 0 radical (unpaired) electrons. The van der Waals surface area contributed by atoms with E-state index in [-0.39, 0.29) is 5.41 Å². The molecule has 7 aromatic carbocycles. The van der Waals surface area contributed by atoms with Crippen molar-refractivity contribution in [3.63, 3.8) is 0 Å². The van der Waals surface area contributed by atoms with Crippen molar-refractivity contribution in [1.82, 2.24) is 19.1 Å². The van der Waals surface area contributed by atoms with Gasteiger partial charge in [-0.15, -0.1) is 0 Å². The molecule has 0 atom stereocenters. The van der Waals surface area contributed by atoms with E-state index < -0.39 is 0 Å². The van der Waals surface area contributed by atoms with Gasteiger partial charge in [-0.3, -0.25) is 4.57 Å². The highest BCUT2D eigenvalue weighted by Crippen LogP contribution is 2.51. The number of fused-ring (bicyclic) bond motifs is 10. The van der Waals surface area contributed by atoms with E-state index in [9.17, 15) is 0 Å². The number of nitrogens with zero attached hydrogens (tertiary/aromatic N) is 4. The van der Waals surface area contributed by atoms with Gasteiger partial charge in [0.05, 0.1) is 33.5 Å². The Morgan fingerprint density at radius 3 is 1.88 bits per heavy atom. The van der Waals surface area contributed by atoms with Gasteiger partial charge in [-0.25, -0.2) is 9.97 Å². The first kappa shape index (κ1) is 28.3. The summed E-state index contributed by atoms with van der Waals surface area (Å²) in [5.74, 6) is 0.690. The average molecular weight is 653 g/mol. The summed E-state index contributed by atoms with van der Waals surface area (Å²) in [6.45, 7) is 4.60. The quantitative estimate of drug-likeness (QED) is 0.190. The Morgan fingerprint density at radius 1 is 0.471 bits per heavy atom. The van der Waals surface area contributed by atoms with Gasteiger partial charge < -0.3 is 4.57 Å². The summed E-state index contributed by atoms with van der Waals surface area (Å²) in [6, 6.07) is 56.8. The molecule has 1 aliphatic carbocycles. The van der Waals surface area contributed by atoms with Crippen LogP contribution in [0.3, 0.4) is 0 Å². The number of para-hydroxylation sites is 3. The summed E-state index contributed by atoms with van der Waals surface area (Å²) < 4.78 is 4.66. The Labute approximate surface area is 294 Å². The molecule has 1 aliphatic rings. The number of hydrogen-bond donors (Lipinski definition) is 0. The van der Waals surface area contributed by atoms with E-state index in [1.54, 1.807) is 0 Å². The number of benzene rings is 7. The molecule has 4 heteroatoms. The molecule has 11 rings (SSSR count). The molecule has 51 heavy (non-hydrogen) atoms. The predicted molar refractivity (Wildman–Crippen MR) is 211 cm³/mol. The van der Waals surface area contributed by atoms with Crippen molar-refractivity contribution < 1.29 is 0 Å². The summed E-state index contributed by atoms with van der Waals surface area (Å²) in [6.07, 6.45) is 0. The maximum Gasteiger partial charge on any atom is 0.235 e. The minimum atomic E-state index is -0.313. The van der Waals surface area contributed by atoms with E-state index >= 15 is 0 Å². The Kier molecular flexibility index (Phi) is 5.70. The number of aromatic nitrogens is 4. The van der Waals surface area contributed by atoms with Gasteiger partial charge in [0, 0.05) is 43.8 Å². The topological polar surface area (TPSA) is 35.6 Å². The molecule has 4 nitrogen and oxygen atoms in total. The van der Waals surface area contributed by atoms with Gasteiger partial charge in [-0.1, -0.05) is 129 Å². The summed E-state index contributed by atoms with van der Waals surface area (Å²) in [5.41, 5.74) is 12.0. The van der Waals surface area contributed by atoms with Gasteiger partial charge in [0.25, 0.3) is 0 Å². The molecular weight excluding hydrogens is 621 g/mol. The van der Waals surface area contributed by atoms with Crippen molar-refractivity contribution in [2.75, 3.05) is 0 Å². The van der Waals surface area contributed by atoms with E-state index in [4.69, 9.17) is 9.97 Å². The lowest BCUT2D eigenvalue weighted by atomic mass is 9.85. The molecule has 0 spiro atoms. The Morgan fingerprint density at radius 2 is 1.08 bits per heavy atom. The Hall–Kier alpha value is -6.52. The van der Waals surface area contributed by atoms with Gasteiger partial charge in [-0.05, 0) is 64.4 Å². The SMILES string of the molecule is CC1(C)c2ccccc2-c2c(-c3ccc4c5ccccc5n(-c5ccccc5)c4c3)nc(-n3c4ccccc4c4cc5ccccc5cc43)nc21. The zero-order chi connectivity index (χ0) is 33.8. The molecule has 0 unspecified atom stereocenters. The average Bonchev–Trinajstić information content (AvgIpc) is 3.76. The zero-order valence-electron chi connectivity index (χ0n) is 28.3. The number of rotatable bonds is 3. The van der Waals surface area contributed by atoms with Crippen LogP contribution in [-0.2, 0) is 5.41 Å². The van der Waals surface area contributed by atoms with Crippen LogP contribution in [0.5, 0.6) is 0 Å². The van der Waals surface area contributed by atoms with E-state index in [1.807, 2.05) is 0 Å². The molecule has 240 valence electrons. The maximum absolute atomic E-state index is 5.61. The zero-order valence-corrected chi connectivity index (χ0v) is 28.3. The first-order chi connectivity index (χ1) is 25.1. The van der Waals surface area contributed by atoms with Crippen molar-refractivity contribution in [3.05, 3.63) is 169 Å². The second-order valence-electron chi connectivity index (χ2n) is 14.3. The van der Waals surface area contributed by atoms with Gasteiger partial charge in [0.15, 0.2) is 0 Å². The molecule has 0 N–H and O–H groups in total. The normalized spacial score (nSPS) is 13.5. The molecular formula is C47H32N4. The lowest BCUT2D eigenvalue weighted by Crippen LogP contribution is -2.18. The third-order valence-corrected chi connectivity index (χ3v) is 11.1. The van der Waals surface area contributed by atoms with Crippen molar-refractivity contribution in [1.29, 1.82) is 0 Å². The predicted octanol–water partition coefficient (Wildman–Crippen LogP) is 11.8. The van der Waals surface area contributed by atoms with Crippen LogP contribution in [0, 0.1) is 0 Å². The Bertz CT molecular complexity index is 3050. The lowest BCUT2D eigenvalue weighted by molar-refractivity contribution is 0.632. The van der Waals surface area contributed by atoms with Gasteiger partial charge in [0.2, 0.25) is 5.95 Å². The summed E-state index contributed by atoms with van der Waals surface area (Å²) >= 11 is 0. The van der Waals surface area contributed by atoms with Crippen LogP contribution in [0.25, 0.3) is 88.4 Å². The first-order valence-electron chi connectivity index (χ1n) is 17.6. The Balaban J connectivity index is 1.26. The van der Waals surface area contributed by atoms with Crippen molar-refractivity contribution in [2.24, 2.45) is 0 Å². The standard InChI is InChI=1S/C47H32N4/c1-47(2)38-21-11-8-20-36(38)43-44(31-24-25-35-33-18-9-12-22-39(33)50(41(35)28-31)32-16-4-3-5-17-32)48-46(49-45(43)47)51-40-23-13-10-19-34(40)37-26-29-14-6-7-15-30(29)27-42(37)51/h3-28H,1-2H3. The summed E-state index contributed by atoms with van der Waals surface area (Å²) in [4.78, 5) is 11.1. The molecule has 0 bridgehead atoms. The highest BCUT2D eigenvalue weighted by molar-refractivity contribution is 6.14. The first-order valence-corrected chi connectivity index (χ1v) is 17.6. The highest BCUT2D eigenvalue weighted by Gasteiger charge is 2.40. The smallest absolute Gasteiger partial charge is 0.235 e. The second-order valence-corrected chi connectivity index (χ2v) is 14.3. The molecule has 0 amide bonds. The third-order valence-electron chi connectivity index (χ3n) is 11.1. The van der Waals surface area contributed by atoms with Crippen LogP contribution in [0.15, 0.2) is 158 Å². The van der Waals surface area contributed by atoms with Crippen LogP contribution in [0.1, 0.15) is 25.1 Å². The molecule has 10 aromatic rings. The highest BCUT2D eigenvalue weighted by atomic mass is 15.2. The van der Waals surface area contributed by atoms with E-state index in [1.165, 1.54) is 49.0 Å². The van der Waals surface area contributed by atoms with E-state index in [0.717, 1.165) is 44.8 Å². The van der Waals surface area contributed by atoms with Gasteiger partial charge >= 0.3 is 0 Å². The second kappa shape index (κ2) is 10.3. The van der Waals surface area contributed by atoms with Crippen molar-refractivity contribution in [2.45, 2.75) is 19.3 Å². The fraction of sp³-hybridized carbons (Fsp3) is 0.0638. The monoisotopic (exact) mass is 652 g/mol.